The second-order valence-corrected chi connectivity index (χ2v) is 9.10. The molecule has 2 aromatic carbocycles. The van der Waals surface area contributed by atoms with Crippen LogP contribution in [0, 0.1) is 6.92 Å². The van der Waals surface area contributed by atoms with Gasteiger partial charge in [0.05, 0.1) is 12.3 Å². The van der Waals surface area contributed by atoms with Gasteiger partial charge in [-0.25, -0.2) is 0 Å². The van der Waals surface area contributed by atoms with Gasteiger partial charge in [-0.2, -0.15) is 0 Å². The van der Waals surface area contributed by atoms with Crippen molar-refractivity contribution >= 4 is 10.9 Å². The Bertz CT molecular complexity index is 1060. The van der Waals surface area contributed by atoms with Gasteiger partial charge >= 0.3 is 0 Å². The van der Waals surface area contributed by atoms with Gasteiger partial charge in [0.25, 0.3) is 0 Å². The fourth-order valence-electron chi connectivity index (χ4n) is 5.68. The Labute approximate surface area is 172 Å². The molecule has 0 atom stereocenters. The number of benzene rings is 2. The number of hydrogen-bond donors (Lipinski definition) is 2. The summed E-state index contributed by atoms with van der Waals surface area (Å²) in [5.41, 5.74) is 6.17. The topological polar surface area (TPSA) is 48.5 Å². The molecule has 0 bridgehead atoms. The van der Waals surface area contributed by atoms with Gasteiger partial charge in [0, 0.05) is 16.4 Å². The van der Waals surface area contributed by atoms with E-state index in [0.29, 0.717) is 5.75 Å². The van der Waals surface area contributed by atoms with Crippen LogP contribution in [0.15, 0.2) is 42.5 Å². The minimum atomic E-state index is -0.225. The largest absolute Gasteiger partial charge is 0.508 e. The molecular weight excluding hydrogens is 360 g/mol. The molecule has 152 valence electrons. The quantitative estimate of drug-likeness (QED) is 0.649. The number of H-pyrrole nitrogens is 1. The van der Waals surface area contributed by atoms with Crippen molar-refractivity contribution in [3.05, 3.63) is 64.8 Å². The van der Waals surface area contributed by atoms with E-state index in [1.54, 1.807) is 6.07 Å². The lowest BCUT2D eigenvalue weighted by atomic mass is 9.68. The Balaban J connectivity index is 1.54. The summed E-state index contributed by atoms with van der Waals surface area (Å²) in [4.78, 5) is 6.06. The van der Waals surface area contributed by atoms with Crippen LogP contribution in [0.5, 0.6) is 5.75 Å². The van der Waals surface area contributed by atoms with Crippen LogP contribution in [0.2, 0.25) is 0 Å². The third-order valence-electron chi connectivity index (χ3n) is 7.37. The molecule has 0 radical (unpaired) electrons. The lowest BCUT2D eigenvalue weighted by molar-refractivity contribution is -0.113. The van der Waals surface area contributed by atoms with E-state index in [1.807, 2.05) is 12.1 Å². The van der Waals surface area contributed by atoms with E-state index in [4.69, 9.17) is 4.74 Å². The zero-order valence-corrected chi connectivity index (χ0v) is 17.6. The lowest BCUT2D eigenvalue weighted by Crippen LogP contribution is -2.50. The van der Waals surface area contributed by atoms with E-state index in [-0.39, 0.29) is 11.1 Å². The van der Waals surface area contributed by atoms with Crippen LogP contribution in [-0.2, 0) is 22.3 Å². The van der Waals surface area contributed by atoms with Gasteiger partial charge in [0.1, 0.15) is 11.4 Å². The highest BCUT2D eigenvalue weighted by molar-refractivity contribution is 5.86. The minimum absolute atomic E-state index is 0.0758. The van der Waals surface area contributed by atoms with Crippen molar-refractivity contribution in [3.63, 3.8) is 0 Å². The Morgan fingerprint density at radius 2 is 1.83 bits per heavy atom. The number of nitrogens with one attached hydrogen (secondary N) is 1. The van der Waals surface area contributed by atoms with Crippen molar-refractivity contribution in [1.82, 2.24) is 9.88 Å². The standard InChI is InChI=1S/C25H30N2O2/c1-17-7-8-22-21(15-17)20-9-14-29-25(23(20)26-22)12-10-24(11-13-25,27(2)3)18-5-4-6-19(28)16-18/h4-8,15-16,26,28H,9-14H2,1-3H3. The summed E-state index contributed by atoms with van der Waals surface area (Å²) in [5.74, 6) is 0.339. The predicted molar refractivity (Wildman–Crippen MR) is 116 cm³/mol. The molecule has 1 spiro atoms. The molecule has 29 heavy (non-hydrogen) atoms. The number of hydrogen-bond acceptors (Lipinski definition) is 3. The van der Waals surface area contributed by atoms with Crippen LogP contribution < -0.4 is 0 Å². The molecule has 1 aliphatic carbocycles. The number of rotatable bonds is 2. The van der Waals surface area contributed by atoms with Crippen LogP contribution in [0.25, 0.3) is 10.9 Å². The SMILES string of the molecule is Cc1ccc2[nH]c3c(c2c1)CCOC31CCC(c2cccc(O)c2)(N(C)C)CC1. The summed E-state index contributed by atoms with van der Waals surface area (Å²) in [6.07, 6.45) is 4.92. The van der Waals surface area contributed by atoms with Gasteiger partial charge in [-0.05, 0) is 88.5 Å². The van der Waals surface area contributed by atoms with Crippen LogP contribution in [-0.4, -0.2) is 35.7 Å². The molecule has 4 heteroatoms. The molecule has 2 aliphatic rings. The number of aryl methyl sites for hydroxylation is 1. The highest BCUT2D eigenvalue weighted by Crippen LogP contribution is 2.52. The maximum Gasteiger partial charge on any atom is 0.115 e. The van der Waals surface area contributed by atoms with Crippen LogP contribution in [0.1, 0.15) is 48.1 Å². The predicted octanol–water partition coefficient (Wildman–Crippen LogP) is 4.98. The van der Waals surface area contributed by atoms with Gasteiger partial charge in [-0.3, -0.25) is 4.90 Å². The summed E-state index contributed by atoms with van der Waals surface area (Å²) >= 11 is 0. The molecule has 2 heterocycles. The van der Waals surface area contributed by atoms with Gasteiger partial charge in [0.15, 0.2) is 0 Å². The van der Waals surface area contributed by atoms with Gasteiger partial charge in [-0.15, -0.1) is 0 Å². The first-order valence-electron chi connectivity index (χ1n) is 10.7. The summed E-state index contributed by atoms with van der Waals surface area (Å²) < 4.78 is 6.53. The highest BCUT2D eigenvalue weighted by Gasteiger charge is 2.49. The number of fused-ring (bicyclic) bond motifs is 4. The molecule has 5 rings (SSSR count). The number of aromatic amines is 1. The normalized spacial score (nSPS) is 26.9. The van der Waals surface area contributed by atoms with Gasteiger partial charge in [0.2, 0.25) is 0 Å². The van der Waals surface area contributed by atoms with E-state index in [0.717, 1.165) is 38.7 Å². The molecule has 0 saturated heterocycles. The second-order valence-electron chi connectivity index (χ2n) is 9.10. The zero-order chi connectivity index (χ0) is 20.2. The summed E-state index contributed by atoms with van der Waals surface area (Å²) in [7, 11) is 4.31. The summed E-state index contributed by atoms with van der Waals surface area (Å²) in [5, 5.41) is 11.4. The van der Waals surface area contributed by atoms with E-state index in [9.17, 15) is 5.11 Å². The average Bonchev–Trinajstić information content (AvgIpc) is 3.08. The molecule has 1 saturated carbocycles. The van der Waals surface area contributed by atoms with Crippen LogP contribution in [0.3, 0.4) is 0 Å². The van der Waals surface area contributed by atoms with E-state index < -0.39 is 0 Å². The third-order valence-corrected chi connectivity index (χ3v) is 7.37. The Kier molecular flexibility index (Phi) is 4.27. The molecule has 3 aromatic rings. The third kappa shape index (κ3) is 2.81. The van der Waals surface area contributed by atoms with Gasteiger partial charge in [-0.1, -0.05) is 23.8 Å². The Hall–Kier alpha value is -2.30. The van der Waals surface area contributed by atoms with Crippen molar-refractivity contribution in [2.75, 3.05) is 20.7 Å². The zero-order valence-electron chi connectivity index (χ0n) is 17.6. The number of nitrogens with zero attached hydrogens (tertiary/aromatic N) is 1. The van der Waals surface area contributed by atoms with E-state index >= 15 is 0 Å². The number of aromatic hydroxyl groups is 1. The summed E-state index contributed by atoms with van der Waals surface area (Å²) in [6, 6.07) is 14.5. The van der Waals surface area contributed by atoms with Crippen molar-refractivity contribution in [2.45, 2.75) is 50.2 Å². The molecule has 1 aromatic heterocycles. The highest BCUT2D eigenvalue weighted by atomic mass is 16.5. The van der Waals surface area contributed by atoms with Crippen LogP contribution >= 0.6 is 0 Å². The number of phenolic OH excluding ortho intramolecular Hbond substituents is 1. The molecule has 2 N–H and O–H groups in total. The van der Waals surface area contributed by atoms with Crippen molar-refractivity contribution < 1.29 is 9.84 Å². The van der Waals surface area contributed by atoms with E-state index in [2.05, 4.69) is 55.2 Å². The molecule has 0 amide bonds. The van der Waals surface area contributed by atoms with E-state index in [1.165, 1.54) is 33.3 Å². The van der Waals surface area contributed by atoms with Crippen molar-refractivity contribution in [1.29, 1.82) is 0 Å². The molecule has 1 fully saturated rings. The maximum atomic E-state index is 10.1. The maximum absolute atomic E-state index is 10.1. The number of ether oxygens (including phenoxy) is 1. The lowest BCUT2D eigenvalue weighted by Gasteiger charge is -2.50. The van der Waals surface area contributed by atoms with Crippen molar-refractivity contribution in [3.8, 4) is 5.75 Å². The van der Waals surface area contributed by atoms with Crippen molar-refractivity contribution in [2.24, 2.45) is 0 Å². The smallest absolute Gasteiger partial charge is 0.115 e. The monoisotopic (exact) mass is 390 g/mol. The number of phenols is 1. The Morgan fingerprint density at radius 1 is 1.03 bits per heavy atom. The fraction of sp³-hybridized carbons (Fsp3) is 0.440. The fourth-order valence-corrected chi connectivity index (χ4v) is 5.68. The number of aromatic nitrogens is 1. The van der Waals surface area contributed by atoms with Crippen LogP contribution in [0.4, 0.5) is 0 Å². The molecular formula is C25H30N2O2. The second kappa shape index (κ2) is 6.61. The minimum Gasteiger partial charge on any atom is -0.508 e. The molecule has 0 unspecified atom stereocenters. The Morgan fingerprint density at radius 3 is 2.55 bits per heavy atom. The molecule has 1 aliphatic heterocycles. The average molecular weight is 391 g/mol. The first kappa shape index (κ1) is 18.7. The van der Waals surface area contributed by atoms with Gasteiger partial charge < -0.3 is 14.8 Å². The molecule has 4 nitrogen and oxygen atoms in total. The first-order valence-corrected chi connectivity index (χ1v) is 10.7. The summed E-state index contributed by atoms with van der Waals surface area (Å²) in [6.45, 7) is 2.95. The first-order chi connectivity index (χ1) is 13.9.